The normalized spacial score (nSPS) is 15.6. The van der Waals surface area contributed by atoms with Crippen LogP contribution >= 0.6 is 22.6 Å². The fourth-order valence-corrected chi connectivity index (χ4v) is 2.83. The summed E-state index contributed by atoms with van der Waals surface area (Å²) in [6, 6.07) is 3.90. The Labute approximate surface area is 133 Å². The number of alkyl halides is 3. The number of hydrogen-bond donors (Lipinski definition) is 2. The molecule has 0 saturated heterocycles. The Hall–Kier alpha value is -1.09. The molecule has 21 heavy (non-hydrogen) atoms. The van der Waals surface area contributed by atoms with Crippen LogP contribution in [0.25, 0.3) is 0 Å². The number of halogens is 4. The lowest BCUT2D eigenvalue weighted by Gasteiger charge is -2.29. The van der Waals surface area contributed by atoms with Gasteiger partial charge in [-0.15, -0.1) is 0 Å². The van der Waals surface area contributed by atoms with E-state index in [4.69, 9.17) is 5.11 Å². The minimum Gasteiger partial charge on any atom is -0.478 e. The molecule has 0 aliphatic heterocycles. The Morgan fingerprint density at radius 3 is 2.05 bits per heavy atom. The molecule has 0 radical (unpaired) electrons. The third-order valence-corrected chi connectivity index (χ3v) is 3.71. The average molecular weight is 414 g/mol. The molecule has 0 aromatic heterocycles. The maximum Gasteiger partial charge on any atom is 0.416 e. The lowest BCUT2D eigenvalue weighted by Crippen LogP contribution is -2.32. The van der Waals surface area contributed by atoms with Gasteiger partial charge in [0.15, 0.2) is 0 Å². The van der Waals surface area contributed by atoms with E-state index in [1.165, 1.54) is 4.08 Å². The molecule has 0 bridgehead atoms. The van der Waals surface area contributed by atoms with Gasteiger partial charge in [0, 0.05) is 0 Å². The minimum absolute atomic E-state index is 0.0967. The van der Waals surface area contributed by atoms with Crippen molar-refractivity contribution >= 4 is 28.6 Å². The molecule has 1 aromatic rings. The fraction of sp³-hybridized carbons (Fsp3) is 0.357. The number of rotatable bonds is 5. The second kappa shape index (κ2) is 6.78. The van der Waals surface area contributed by atoms with Gasteiger partial charge in [0.05, 0.1) is 11.1 Å². The molecule has 1 atom stereocenters. The van der Waals surface area contributed by atoms with Gasteiger partial charge in [-0.2, -0.15) is 13.2 Å². The van der Waals surface area contributed by atoms with E-state index >= 15 is 0 Å². The van der Waals surface area contributed by atoms with Crippen LogP contribution in [0.4, 0.5) is 13.2 Å². The van der Waals surface area contributed by atoms with Crippen molar-refractivity contribution in [3.8, 4) is 0 Å². The Bertz CT molecular complexity index is 537. The molecule has 1 aromatic carbocycles. The summed E-state index contributed by atoms with van der Waals surface area (Å²) in [5, 5.41) is 19.8. The number of benzene rings is 1. The standard InChI is InChI=1S/C14H14F3IO3/c1-2-7-13(21,11(8-18)12(19)20)9-3-5-10(6-4-9)14(15,16)17/h3-6,8,21H,2,7H2,1H3,(H,19,20)/b11-8-. The van der Waals surface area contributed by atoms with Crippen LogP contribution in [0.5, 0.6) is 0 Å². The first-order valence-electron chi connectivity index (χ1n) is 6.11. The highest BCUT2D eigenvalue weighted by Crippen LogP contribution is 2.37. The molecule has 3 nitrogen and oxygen atoms in total. The Morgan fingerprint density at radius 2 is 1.71 bits per heavy atom. The third-order valence-electron chi connectivity index (χ3n) is 3.09. The van der Waals surface area contributed by atoms with Gasteiger partial charge >= 0.3 is 12.1 Å². The first-order chi connectivity index (χ1) is 9.66. The first kappa shape index (κ1) is 18.0. The smallest absolute Gasteiger partial charge is 0.416 e. The van der Waals surface area contributed by atoms with E-state index in [0.717, 1.165) is 24.3 Å². The molecule has 0 aliphatic carbocycles. The molecule has 1 unspecified atom stereocenters. The van der Waals surface area contributed by atoms with Crippen LogP contribution in [0.15, 0.2) is 33.9 Å². The van der Waals surface area contributed by atoms with E-state index in [-0.39, 0.29) is 17.6 Å². The molecule has 0 fully saturated rings. The zero-order valence-electron chi connectivity index (χ0n) is 11.1. The lowest BCUT2D eigenvalue weighted by atomic mass is 9.82. The van der Waals surface area contributed by atoms with Crippen molar-refractivity contribution in [2.24, 2.45) is 0 Å². The summed E-state index contributed by atoms with van der Waals surface area (Å²) in [6.45, 7) is 1.75. The maximum atomic E-state index is 12.5. The van der Waals surface area contributed by atoms with Crippen LogP contribution in [0.2, 0.25) is 0 Å². The summed E-state index contributed by atoms with van der Waals surface area (Å²) in [7, 11) is 0. The van der Waals surface area contributed by atoms with Gasteiger partial charge in [0.1, 0.15) is 5.60 Å². The van der Waals surface area contributed by atoms with Crippen molar-refractivity contribution in [3.63, 3.8) is 0 Å². The SMILES string of the molecule is CCCC(O)(/C(=C\I)C(=O)O)c1ccc(C(F)(F)F)cc1. The van der Waals surface area contributed by atoms with Gasteiger partial charge in [-0.25, -0.2) is 4.79 Å². The van der Waals surface area contributed by atoms with Crippen LogP contribution < -0.4 is 0 Å². The molecular weight excluding hydrogens is 400 g/mol. The van der Waals surface area contributed by atoms with Crippen LogP contribution in [-0.4, -0.2) is 16.2 Å². The molecule has 0 saturated carbocycles. The molecular formula is C14H14F3IO3. The molecule has 2 N–H and O–H groups in total. The zero-order chi connectivity index (χ0) is 16.3. The number of hydrogen-bond acceptors (Lipinski definition) is 2. The molecule has 0 aliphatic rings. The van der Waals surface area contributed by atoms with Crippen molar-refractivity contribution in [1.29, 1.82) is 0 Å². The second-order valence-corrected chi connectivity index (χ2v) is 5.14. The molecule has 0 heterocycles. The van der Waals surface area contributed by atoms with Crippen LogP contribution in [0, 0.1) is 0 Å². The summed E-state index contributed by atoms with van der Waals surface area (Å²) in [5.74, 6) is -1.31. The van der Waals surface area contributed by atoms with Gasteiger partial charge in [0.2, 0.25) is 0 Å². The van der Waals surface area contributed by atoms with E-state index < -0.39 is 23.3 Å². The summed E-state index contributed by atoms with van der Waals surface area (Å²) in [4.78, 5) is 11.2. The molecule has 1 rings (SSSR count). The van der Waals surface area contributed by atoms with Crippen molar-refractivity contribution in [3.05, 3.63) is 45.0 Å². The fourth-order valence-electron chi connectivity index (χ4n) is 2.05. The van der Waals surface area contributed by atoms with Crippen molar-refractivity contribution < 1.29 is 28.2 Å². The topological polar surface area (TPSA) is 57.5 Å². The van der Waals surface area contributed by atoms with E-state index in [0.29, 0.717) is 6.42 Å². The van der Waals surface area contributed by atoms with Crippen LogP contribution in [0.3, 0.4) is 0 Å². The zero-order valence-corrected chi connectivity index (χ0v) is 13.3. The Balaban J connectivity index is 3.32. The Morgan fingerprint density at radius 1 is 1.24 bits per heavy atom. The van der Waals surface area contributed by atoms with Crippen LogP contribution in [-0.2, 0) is 16.6 Å². The first-order valence-corrected chi connectivity index (χ1v) is 7.35. The third kappa shape index (κ3) is 3.97. The molecule has 116 valence electrons. The maximum absolute atomic E-state index is 12.5. The van der Waals surface area contributed by atoms with Gasteiger partial charge in [-0.1, -0.05) is 48.1 Å². The monoisotopic (exact) mass is 414 g/mol. The summed E-state index contributed by atoms with van der Waals surface area (Å²) >= 11 is 1.69. The highest BCUT2D eigenvalue weighted by atomic mass is 127. The summed E-state index contributed by atoms with van der Waals surface area (Å²) < 4.78 is 38.9. The lowest BCUT2D eigenvalue weighted by molar-refractivity contribution is -0.138. The van der Waals surface area contributed by atoms with Crippen molar-refractivity contribution in [2.45, 2.75) is 31.5 Å². The van der Waals surface area contributed by atoms with Gasteiger partial charge in [-0.05, 0) is 28.2 Å². The van der Waals surface area contributed by atoms with Crippen molar-refractivity contribution in [2.75, 3.05) is 0 Å². The number of carboxylic acids is 1. The van der Waals surface area contributed by atoms with E-state index in [2.05, 4.69) is 0 Å². The second-order valence-electron chi connectivity index (χ2n) is 4.51. The quantitative estimate of drug-likeness (QED) is 0.564. The number of carbonyl (C=O) groups is 1. The summed E-state index contributed by atoms with van der Waals surface area (Å²) in [6.07, 6.45) is -3.91. The largest absolute Gasteiger partial charge is 0.478 e. The van der Waals surface area contributed by atoms with E-state index in [1.54, 1.807) is 29.5 Å². The van der Waals surface area contributed by atoms with Gasteiger partial charge < -0.3 is 10.2 Å². The predicted octanol–water partition coefficient (Wildman–Crippen LogP) is 4.10. The van der Waals surface area contributed by atoms with Crippen LogP contribution in [0.1, 0.15) is 30.9 Å². The van der Waals surface area contributed by atoms with E-state index in [9.17, 15) is 23.1 Å². The average Bonchev–Trinajstić information content (AvgIpc) is 2.38. The number of carboxylic acid groups (broad SMARTS) is 1. The highest BCUT2D eigenvalue weighted by molar-refractivity contribution is 14.1. The van der Waals surface area contributed by atoms with Gasteiger partial charge in [-0.3, -0.25) is 0 Å². The Kier molecular flexibility index (Phi) is 5.80. The molecule has 0 amide bonds. The highest BCUT2D eigenvalue weighted by Gasteiger charge is 2.38. The van der Waals surface area contributed by atoms with Gasteiger partial charge in [0.25, 0.3) is 0 Å². The number of aliphatic hydroxyl groups is 1. The van der Waals surface area contributed by atoms with Crippen molar-refractivity contribution in [1.82, 2.24) is 0 Å². The van der Waals surface area contributed by atoms with E-state index in [1.807, 2.05) is 0 Å². The number of aliphatic carboxylic acids is 1. The molecule has 0 spiro atoms. The predicted molar refractivity (Wildman–Crippen MR) is 80.0 cm³/mol. The molecule has 7 heteroatoms. The minimum atomic E-state index is -4.48. The summed E-state index contributed by atoms with van der Waals surface area (Å²) in [5.41, 5.74) is -2.79.